The van der Waals surface area contributed by atoms with Crippen LogP contribution in [0.3, 0.4) is 0 Å². The van der Waals surface area contributed by atoms with Crippen LogP contribution in [-0.4, -0.2) is 27.4 Å². The molecule has 0 fully saturated rings. The summed E-state index contributed by atoms with van der Waals surface area (Å²) in [5.41, 5.74) is 5.25. The average molecular weight is 286 g/mol. The normalized spacial score (nSPS) is 10.8. The summed E-state index contributed by atoms with van der Waals surface area (Å²) in [5.74, 6) is -0.0660. The molecule has 0 radical (unpaired) electrons. The number of rotatable bonds is 4. The highest BCUT2D eigenvalue weighted by Crippen LogP contribution is 2.13. The molecule has 3 rings (SSSR count). The lowest BCUT2D eigenvalue weighted by Gasteiger charge is -2.04. The van der Waals surface area contributed by atoms with Gasteiger partial charge in [0.15, 0.2) is 0 Å². The quantitative estimate of drug-likeness (QED) is 0.773. The first-order valence-corrected chi connectivity index (χ1v) is 7.22. The van der Waals surface area contributed by atoms with E-state index in [0.29, 0.717) is 12.1 Å². The standard InChI is InChI=1S/C14H14N4OS/c1-9-13(20-8-18-9)4-5-15-14(19)10-2-3-11-12(6-10)17-7-16-11/h2-3,6-8H,4-5H2,1H3,(H,15,19)(H,16,17). The van der Waals surface area contributed by atoms with Gasteiger partial charge in [0.05, 0.1) is 28.6 Å². The molecule has 6 heteroatoms. The lowest BCUT2D eigenvalue weighted by molar-refractivity contribution is 0.0954. The van der Waals surface area contributed by atoms with Crippen LogP contribution in [0.5, 0.6) is 0 Å². The highest BCUT2D eigenvalue weighted by Gasteiger charge is 2.08. The van der Waals surface area contributed by atoms with Gasteiger partial charge in [-0.1, -0.05) is 0 Å². The summed E-state index contributed by atoms with van der Waals surface area (Å²) >= 11 is 1.62. The van der Waals surface area contributed by atoms with Crippen molar-refractivity contribution >= 4 is 28.3 Å². The molecule has 3 aromatic rings. The Morgan fingerprint density at radius 3 is 3.10 bits per heavy atom. The number of benzene rings is 1. The Bertz CT molecular complexity index is 746. The predicted octanol–water partition coefficient (Wildman–Crippen LogP) is 2.30. The minimum atomic E-state index is -0.0660. The second-order valence-electron chi connectivity index (χ2n) is 4.50. The molecular formula is C14H14N4OS. The van der Waals surface area contributed by atoms with Crippen molar-refractivity contribution in [3.63, 3.8) is 0 Å². The van der Waals surface area contributed by atoms with E-state index in [1.54, 1.807) is 23.7 Å². The topological polar surface area (TPSA) is 70.7 Å². The minimum Gasteiger partial charge on any atom is -0.352 e. The fourth-order valence-corrected chi connectivity index (χ4v) is 2.82. The molecule has 0 bridgehead atoms. The third-order valence-corrected chi connectivity index (χ3v) is 4.16. The second kappa shape index (κ2) is 5.42. The van der Waals surface area contributed by atoms with Crippen molar-refractivity contribution in [3.05, 3.63) is 46.2 Å². The largest absolute Gasteiger partial charge is 0.352 e. The summed E-state index contributed by atoms with van der Waals surface area (Å²) in [5, 5.41) is 2.93. The van der Waals surface area contributed by atoms with Gasteiger partial charge in [0.25, 0.3) is 5.91 Å². The Hall–Kier alpha value is -2.21. The van der Waals surface area contributed by atoms with Gasteiger partial charge in [-0.25, -0.2) is 9.97 Å². The van der Waals surface area contributed by atoms with E-state index in [2.05, 4.69) is 20.3 Å². The number of hydrogen-bond donors (Lipinski definition) is 2. The van der Waals surface area contributed by atoms with Crippen LogP contribution in [0, 0.1) is 6.92 Å². The van der Waals surface area contributed by atoms with Crippen LogP contribution in [0.15, 0.2) is 30.0 Å². The Morgan fingerprint density at radius 1 is 1.40 bits per heavy atom. The molecule has 2 aromatic heterocycles. The van der Waals surface area contributed by atoms with Crippen LogP contribution in [0.4, 0.5) is 0 Å². The number of thiazole rings is 1. The molecule has 0 saturated heterocycles. The first-order valence-electron chi connectivity index (χ1n) is 6.34. The number of aryl methyl sites for hydroxylation is 1. The molecule has 0 aliphatic heterocycles. The molecule has 2 heterocycles. The fourth-order valence-electron chi connectivity index (χ4n) is 2.03. The van der Waals surface area contributed by atoms with Gasteiger partial charge in [0, 0.05) is 23.4 Å². The Kier molecular flexibility index (Phi) is 3.47. The van der Waals surface area contributed by atoms with Crippen molar-refractivity contribution in [2.24, 2.45) is 0 Å². The minimum absolute atomic E-state index is 0.0660. The van der Waals surface area contributed by atoms with Gasteiger partial charge >= 0.3 is 0 Å². The number of nitrogens with one attached hydrogen (secondary N) is 2. The number of aromatic amines is 1. The van der Waals surface area contributed by atoms with Crippen LogP contribution in [-0.2, 0) is 6.42 Å². The van der Waals surface area contributed by atoms with Crippen LogP contribution >= 0.6 is 11.3 Å². The average Bonchev–Trinajstić information content (AvgIpc) is 3.07. The predicted molar refractivity (Wildman–Crippen MR) is 79.0 cm³/mol. The molecule has 5 nitrogen and oxygen atoms in total. The maximum absolute atomic E-state index is 12.1. The van der Waals surface area contributed by atoms with Gasteiger partial charge in [-0.05, 0) is 25.1 Å². The molecular weight excluding hydrogens is 272 g/mol. The number of amides is 1. The van der Waals surface area contributed by atoms with E-state index < -0.39 is 0 Å². The Labute approximate surface area is 120 Å². The highest BCUT2D eigenvalue weighted by molar-refractivity contribution is 7.09. The van der Waals surface area contributed by atoms with E-state index in [4.69, 9.17) is 0 Å². The summed E-state index contributed by atoms with van der Waals surface area (Å²) in [7, 11) is 0. The number of H-pyrrole nitrogens is 1. The molecule has 0 spiro atoms. The summed E-state index contributed by atoms with van der Waals surface area (Å²) in [4.78, 5) is 24.6. The van der Waals surface area contributed by atoms with Crippen molar-refractivity contribution < 1.29 is 4.79 Å². The number of carbonyl (C=O) groups is 1. The molecule has 2 N–H and O–H groups in total. The van der Waals surface area contributed by atoms with E-state index in [1.807, 2.05) is 24.6 Å². The van der Waals surface area contributed by atoms with Crippen LogP contribution in [0.1, 0.15) is 20.9 Å². The molecule has 0 unspecified atom stereocenters. The Morgan fingerprint density at radius 2 is 2.30 bits per heavy atom. The number of fused-ring (bicyclic) bond motifs is 1. The van der Waals surface area contributed by atoms with Gasteiger partial charge in [0.1, 0.15) is 0 Å². The zero-order valence-electron chi connectivity index (χ0n) is 11.0. The summed E-state index contributed by atoms with van der Waals surface area (Å²) < 4.78 is 0. The zero-order valence-corrected chi connectivity index (χ0v) is 11.8. The SMILES string of the molecule is Cc1ncsc1CCNC(=O)c1ccc2nc[nH]c2c1. The van der Waals surface area contributed by atoms with Gasteiger partial charge in [-0.3, -0.25) is 4.79 Å². The van der Waals surface area contributed by atoms with Crippen molar-refractivity contribution in [2.75, 3.05) is 6.54 Å². The first kappa shape index (κ1) is 12.8. The number of nitrogens with zero attached hydrogens (tertiary/aromatic N) is 2. The van der Waals surface area contributed by atoms with Crippen molar-refractivity contribution in [1.82, 2.24) is 20.3 Å². The van der Waals surface area contributed by atoms with Gasteiger partial charge < -0.3 is 10.3 Å². The molecule has 1 amide bonds. The monoisotopic (exact) mass is 286 g/mol. The van der Waals surface area contributed by atoms with Crippen molar-refractivity contribution in [1.29, 1.82) is 0 Å². The maximum atomic E-state index is 12.1. The second-order valence-corrected chi connectivity index (χ2v) is 5.44. The molecule has 0 atom stereocenters. The molecule has 20 heavy (non-hydrogen) atoms. The van der Waals surface area contributed by atoms with Crippen LogP contribution < -0.4 is 5.32 Å². The smallest absolute Gasteiger partial charge is 0.251 e. The lowest BCUT2D eigenvalue weighted by Crippen LogP contribution is -2.25. The van der Waals surface area contributed by atoms with Crippen LogP contribution in [0.2, 0.25) is 0 Å². The first-order chi connectivity index (χ1) is 9.74. The van der Waals surface area contributed by atoms with Gasteiger partial charge in [-0.2, -0.15) is 0 Å². The maximum Gasteiger partial charge on any atom is 0.251 e. The van der Waals surface area contributed by atoms with E-state index in [1.165, 1.54) is 4.88 Å². The van der Waals surface area contributed by atoms with Crippen molar-refractivity contribution in [3.8, 4) is 0 Å². The van der Waals surface area contributed by atoms with E-state index in [9.17, 15) is 4.79 Å². The van der Waals surface area contributed by atoms with Gasteiger partial charge in [-0.15, -0.1) is 11.3 Å². The highest BCUT2D eigenvalue weighted by atomic mass is 32.1. The number of aromatic nitrogens is 3. The third kappa shape index (κ3) is 2.55. The van der Waals surface area contributed by atoms with E-state index >= 15 is 0 Å². The number of imidazole rings is 1. The molecule has 102 valence electrons. The number of hydrogen-bond acceptors (Lipinski definition) is 4. The molecule has 0 aliphatic carbocycles. The molecule has 0 saturated carbocycles. The number of carbonyl (C=O) groups excluding carboxylic acids is 1. The third-order valence-electron chi connectivity index (χ3n) is 3.16. The molecule has 0 aliphatic rings. The van der Waals surface area contributed by atoms with Gasteiger partial charge in [0.2, 0.25) is 0 Å². The summed E-state index contributed by atoms with van der Waals surface area (Å²) in [6.07, 6.45) is 2.44. The summed E-state index contributed by atoms with van der Waals surface area (Å²) in [6.45, 7) is 2.60. The summed E-state index contributed by atoms with van der Waals surface area (Å²) in [6, 6.07) is 5.44. The van der Waals surface area contributed by atoms with E-state index in [0.717, 1.165) is 23.1 Å². The fraction of sp³-hybridized carbons (Fsp3) is 0.214. The lowest BCUT2D eigenvalue weighted by atomic mass is 10.2. The Balaban J connectivity index is 1.62. The van der Waals surface area contributed by atoms with E-state index in [-0.39, 0.29) is 5.91 Å². The zero-order chi connectivity index (χ0) is 13.9. The van der Waals surface area contributed by atoms with Crippen molar-refractivity contribution in [2.45, 2.75) is 13.3 Å². The molecule has 1 aromatic carbocycles. The van der Waals surface area contributed by atoms with Crippen LogP contribution in [0.25, 0.3) is 11.0 Å².